The number of hydrogen-bond donors (Lipinski definition) is 1. The van der Waals surface area contributed by atoms with E-state index in [1.54, 1.807) is 7.05 Å². The second-order valence-electron chi connectivity index (χ2n) is 6.76. The number of likely N-dealkylation sites (N-methyl/N-ethyl adjacent to an activating group) is 1. The average molecular weight is 281 g/mol. The highest BCUT2D eigenvalue weighted by Crippen LogP contribution is 2.43. The van der Waals surface area contributed by atoms with Gasteiger partial charge in [0.25, 0.3) is 0 Å². The molecule has 114 valence electrons. The van der Waals surface area contributed by atoms with E-state index >= 15 is 0 Å². The fraction of sp³-hybridized carbons (Fsp3) is 1.00. The van der Waals surface area contributed by atoms with Crippen molar-refractivity contribution >= 4 is 0 Å². The number of ether oxygens (including phenoxy) is 1. The molecule has 5 heteroatoms. The van der Waals surface area contributed by atoms with Crippen molar-refractivity contribution < 1.29 is 17.9 Å². The third-order valence-electron chi connectivity index (χ3n) is 4.16. The van der Waals surface area contributed by atoms with Crippen molar-refractivity contribution in [3.05, 3.63) is 0 Å². The van der Waals surface area contributed by atoms with Gasteiger partial charge in [-0.15, -0.1) is 0 Å². The molecule has 0 aliphatic heterocycles. The summed E-state index contributed by atoms with van der Waals surface area (Å²) >= 11 is 0. The topological polar surface area (TPSA) is 21.3 Å². The zero-order chi connectivity index (χ0) is 14.7. The van der Waals surface area contributed by atoms with E-state index in [0.717, 1.165) is 12.8 Å². The van der Waals surface area contributed by atoms with Gasteiger partial charge in [-0.25, -0.2) is 0 Å². The van der Waals surface area contributed by atoms with Crippen LogP contribution in [0.5, 0.6) is 0 Å². The largest absolute Gasteiger partial charge is 0.411 e. The van der Waals surface area contributed by atoms with E-state index < -0.39 is 18.4 Å². The highest BCUT2D eigenvalue weighted by atomic mass is 19.4. The van der Waals surface area contributed by atoms with Crippen molar-refractivity contribution in [2.45, 2.75) is 58.2 Å². The molecule has 1 fully saturated rings. The standard InChI is InChI=1S/C14H26F3NO/c1-12(2,3)11-5-7-13(8-6-11,9-18-4)19-10-14(15,16)17/h11,18H,5-10H2,1-4H3. The molecule has 2 nitrogen and oxygen atoms in total. The molecule has 0 aromatic carbocycles. The lowest BCUT2D eigenvalue weighted by Crippen LogP contribution is -2.47. The van der Waals surface area contributed by atoms with E-state index in [1.165, 1.54) is 0 Å². The Balaban J connectivity index is 2.61. The molecule has 0 saturated heterocycles. The first-order chi connectivity index (χ1) is 8.58. The molecule has 0 aromatic heterocycles. The van der Waals surface area contributed by atoms with Crippen LogP contribution < -0.4 is 5.32 Å². The van der Waals surface area contributed by atoms with Crippen LogP contribution in [-0.2, 0) is 4.74 Å². The molecule has 0 aromatic rings. The van der Waals surface area contributed by atoms with Crippen LogP contribution >= 0.6 is 0 Å². The van der Waals surface area contributed by atoms with Crippen LogP contribution in [0.2, 0.25) is 0 Å². The summed E-state index contributed by atoms with van der Waals surface area (Å²) in [6.45, 7) is 5.92. The third-order valence-corrected chi connectivity index (χ3v) is 4.16. The van der Waals surface area contributed by atoms with Crippen molar-refractivity contribution in [1.82, 2.24) is 5.32 Å². The summed E-state index contributed by atoms with van der Waals surface area (Å²) in [5, 5.41) is 2.98. The van der Waals surface area contributed by atoms with Gasteiger partial charge < -0.3 is 10.1 Å². The van der Waals surface area contributed by atoms with E-state index in [-0.39, 0.29) is 5.41 Å². The zero-order valence-corrected chi connectivity index (χ0v) is 12.4. The van der Waals surface area contributed by atoms with Gasteiger partial charge in [0, 0.05) is 6.54 Å². The Labute approximate surface area is 114 Å². The smallest absolute Gasteiger partial charge is 0.364 e. The maximum atomic E-state index is 12.3. The predicted octanol–water partition coefficient (Wildman–Crippen LogP) is 3.76. The van der Waals surface area contributed by atoms with Gasteiger partial charge in [0.1, 0.15) is 6.61 Å². The fourth-order valence-corrected chi connectivity index (χ4v) is 2.94. The van der Waals surface area contributed by atoms with E-state index in [0.29, 0.717) is 25.3 Å². The van der Waals surface area contributed by atoms with Crippen molar-refractivity contribution in [3.63, 3.8) is 0 Å². The Hall–Kier alpha value is -0.290. The van der Waals surface area contributed by atoms with Crippen molar-refractivity contribution in [1.29, 1.82) is 0 Å². The Kier molecular flexibility index (Phi) is 5.29. The molecular weight excluding hydrogens is 255 g/mol. The van der Waals surface area contributed by atoms with Crippen LogP contribution in [0.15, 0.2) is 0 Å². The predicted molar refractivity (Wildman–Crippen MR) is 70.1 cm³/mol. The second kappa shape index (κ2) is 6.00. The van der Waals surface area contributed by atoms with Gasteiger partial charge in [0.15, 0.2) is 0 Å². The quantitative estimate of drug-likeness (QED) is 0.847. The van der Waals surface area contributed by atoms with E-state index in [1.807, 2.05) is 0 Å². The summed E-state index contributed by atoms with van der Waals surface area (Å²) in [6.07, 6.45) is -0.981. The van der Waals surface area contributed by atoms with Crippen molar-refractivity contribution in [3.8, 4) is 0 Å². The lowest BCUT2D eigenvalue weighted by molar-refractivity contribution is -0.212. The van der Waals surface area contributed by atoms with E-state index in [2.05, 4.69) is 26.1 Å². The van der Waals surface area contributed by atoms with E-state index in [9.17, 15) is 13.2 Å². The van der Waals surface area contributed by atoms with Gasteiger partial charge in [0.2, 0.25) is 0 Å². The van der Waals surface area contributed by atoms with Gasteiger partial charge in [-0.05, 0) is 44.1 Å². The maximum absolute atomic E-state index is 12.3. The zero-order valence-electron chi connectivity index (χ0n) is 12.4. The first-order valence-electron chi connectivity index (χ1n) is 6.93. The lowest BCUT2D eigenvalue weighted by Gasteiger charge is -2.44. The molecule has 0 heterocycles. The Morgan fingerprint density at radius 2 is 1.68 bits per heavy atom. The highest BCUT2D eigenvalue weighted by Gasteiger charge is 2.41. The SMILES string of the molecule is CNCC1(OCC(F)(F)F)CCC(C(C)(C)C)CC1. The van der Waals surface area contributed by atoms with Crippen LogP contribution in [-0.4, -0.2) is 32.0 Å². The molecule has 1 aliphatic carbocycles. The van der Waals surface area contributed by atoms with Crippen LogP contribution in [0.3, 0.4) is 0 Å². The Bertz CT molecular complexity index is 275. The van der Waals surface area contributed by atoms with Gasteiger partial charge >= 0.3 is 6.18 Å². The van der Waals surface area contributed by atoms with Gasteiger partial charge in [-0.1, -0.05) is 20.8 Å². The van der Waals surface area contributed by atoms with Gasteiger partial charge in [-0.3, -0.25) is 0 Å². The van der Waals surface area contributed by atoms with Crippen molar-refractivity contribution in [2.75, 3.05) is 20.2 Å². The molecule has 1 saturated carbocycles. The molecule has 0 radical (unpaired) electrons. The molecule has 0 unspecified atom stereocenters. The maximum Gasteiger partial charge on any atom is 0.411 e. The molecule has 1 N–H and O–H groups in total. The summed E-state index contributed by atoms with van der Waals surface area (Å²) < 4.78 is 42.3. The van der Waals surface area contributed by atoms with Crippen molar-refractivity contribution in [2.24, 2.45) is 11.3 Å². The highest BCUT2D eigenvalue weighted by molar-refractivity contribution is 4.92. The summed E-state index contributed by atoms with van der Waals surface area (Å²) in [4.78, 5) is 0. The minimum Gasteiger partial charge on any atom is -0.364 e. The first kappa shape index (κ1) is 16.8. The molecule has 0 amide bonds. The summed E-state index contributed by atoms with van der Waals surface area (Å²) in [5.74, 6) is 0.562. The fourth-order valence-electron chi connectivity index (χ4n) is 2.94. The molecular formula is C14H26F3NO. The summed E-state index contributed by atoms with van der Waals surface area (Å²) in [5.41, 5.74) is -0.429. The van der Waals surface area contributed by atoms with Crippen LogP contribution in [0.4, 0.5) is 13.2 Å². The van der Waals surface area contributed by atoms with Crippen LogP contribution in [0, 0.1) is 11.3 Å². The average Bonchev–Trinajstić information content (AvgIpc) is 2.26. The van der Waals surface area contributed by atoms with Gasteiger partial charge in [-0.2, -0.15) is 13.2 Å². The minimum atomic E-state index is -4.25. The number of hydrogen-bond acceptors (Lipinski definition) is 2. The number of rotatable bonds is 4. The van der Waals surface area contributed by atoms with Crippen LogP contribution in [0.1, 0.15) is 46.5 Å². The molecule has 1 rings (SSSR count). The third kappa shape index (κ3) is 5.30. The number of alkyl halides is 3. The molecule has 0 spiro atoms. The molecule has 1 aliphatic rings. The van der Waals surface area contributed by atoms with E-state index in [4.69, 9.17) is 4.74 Å². The number of halogens is 3. The molecule has 19 heavy (non-hydrogen) atoms. The Morgan fingerprint density at radius 1 is 1.16 bits per heavy atom. The molecule has 0 atom stereocenters. The lowest BCUT2D eigenvalue weighted by atomic mass is 9.68. The summed E-state index contributed by atoms with van der Waals surface area (Å²) in [6, 6.07) is 0. The minimum absolute atomic E-state index is 0.218. The Morgan fingerprint density at radius 3 is 2.05 bits per heavy atom. The monoisotopic (exact) mass is 281 g/mol. The summed E-state index contributed by atoms with van der Waals surface area (Å²) in [7, 11) is 1.76. The second-order valence-corrected chi connectivity index (χ2v) is 6.76. The van der Waals surface area contributed by atoms with Gasteiger partial charge in [0.05, 0.1) is 5.60 Å². The normalized spacial score (nSPS) is 29.5. The first-order valence-corrected chi connectivity index (χ1v) is 6.93. The van der Waals surface area contributed by atoms with Crippen LogP contribution in [0.25, 0.3) is 0 Å². The number of nitrogens with one attached hydrogen (secondary N) is 1. The molecule has 0 bridgehead atoms.